The molecular weight excluding hydrogens is 529 g/mol. The van der Waals surface area contributed by atoms with Gasteiger partial charge in [0.2, 0.25) is 5.88 Å². The number of pyridine rings is 1. The molecule has 4 heterocycles. The van der Waals surface area contributed by atoms with Crippen molar-refractivity contribution in [2.45, 2.75) is 70.9 Å². The first-order valence-corrected chi connectivity index (χ1v) is 14.1. The van der Waals surface area contributed by atoms with Gasteiger partial charge < -0.3 is 28.7 Å². The summed E-state index contributed by atoms with van der Waals surface area (Å²) in [4.78, 5) is 30.2. The first kappa shape index (κ1) is 27.9. The number of carbonyl (C=O) groups is 1. The highest BCUT2D eigenvalue weighted by Gasteiger charge is 2.50. The molecule has 0 aromatic carbocycles. The summed E-state index contributed by atoms with van der Waals surface area (Å²) >= 11 is 6.10. The van der Waals surface area contributed by atoms with E-state index in [9.17, 15) is 4.79 Å². The molecule has 2 saturated heterocycles. The molecule has 39 heavy (non-hydrogen) atoms. The number of halogens is 2. The zero-order valence-electron chi connectivity index (χ0n) is 23.1. The Balaban J connectivity index is 1.47. The van der Waals surface area contributed by atoms with Crippen molar-refractivity contribution < 1.29 is 28.1 Å². The maximum absolute atomic E-state index is 15.3. The lowest BCUT2D eigenvalue weighted by Gasteiger charge is -2.46. The minimum absolute atomic E-state index is 0.000688. The van der Waals surface area contributed by atoms with Crippen LogP contribution in [0.15, 0.2) is 0 Å². The minimum atomic E-state index is -0.752. The van der Waals surface area contributed by atoms with Gasteiger partial charge in [0, 0.05) is 37.7 Å². The van der Waals surface area contributed by atoms with Crippen molar-refractivity contribution in [1.29, 1.82) is 0 Å². The Hall–Kier alpha value is -2.66. The van der Waals surface area contributed by atoms with Crippen molar-refractivity contribution in [2.75, 3.05) is 51.5 Å². The van der Waals surface area contributed by atoms with Gasteiger partial charge in [-0.1, -0.05) is 18.0 Å². The van der Waals surface area contributed by atoms with Gasteiger partial charge in [-0.15, -0.1) is 0 Å². The van der Waals surface area contributed by atoms with Gasteiger partial charge in [0.25, 0.3) is 0 Å². The quantitative estimate of drug-likeness (QED) is 0.464. The third-order valence-corrected chi connectivity index (χ3v) is 8.06. The van der Waals surface area contributed by atoms with Crippen molar-refractivity contribution in [2.24, 2.45) is 5.41 Å². The summed E-state index contributed by atoms with van der Waals surface area (Å²) in [7, 11) is 1.45. The van der Waals surface area contributed by atoms with Crippen LogP contribution >= 0.6 is 11.6 Å². The third-order valence-electron chi connectivity index (χ3n) is 7.81. The standard InChI is InChI=1S/C27H37ClFN5O5/c1-26(2,3)39-25(35)34-12-6-10-27(9-5-8-17(27)34)16-38-24-30-20-18(23(36-4)31-21(28)19(20)29)22(32-24)33-11-7-14-37-15-13-33/h17H,5-16H2,1-4H3. The van der Waals surface area contributed by atoms with Crippen molar-refractivity contribution >= 4 is 34.4 Å². The molecule has 3 aliphatic rings. The van der Waals surface area contributed by atoms with E-state index < -0.39 is 11.4 Å². The van der Waals surface area contributed by atoms with Gasteiger partial charge in [-0.05, 0) is 52.9 Å². The first-order chi connectivity index (χ1) is 18.6. The number of fused-ring (bicyclic) bond motifs is 2. The molecule has 2 aromatic rings. The van der Waals surface area contributed by atoms with Crippen LogP contribution in [0.3, 0.4) is 0 Å². The molecule has 0 radical (unpaired) electrons. The summed E-state index contributed by atoms with van der Waals surface area (Å²) in [5.41, 5.74) is -0.825. The van der Waals surface area contributed by atoms with Crippen molar-refractivity contribution in [3.05, 3.63) is 11.0 Å². The van der Waals surface area contributed by atoms with Crippen LogP contribution < -0.4 is 14.4 Å². The van der Waals surface area contributed by atoms with Gasteiger partial charge in [0.1, 0.15) is 22.3 Å². The largest absolute Gasteiger partial charge is 0.480 e. The van der Waals surface area contributed by atoms with E-state index in [1.807, 2.05) is 30.6 Å². The van der Waals surface area contributed by atoms with Gasteiger partial charge in [-0.25, -0.2) is 9.18 Å². The maximum Gasteiger partial charge on any atom is 0.410 e. The van der Waals surface area contributed by atoms with Gasteiger partial charge in [0.05, 0.1) is 20.3 Å². The van der Waals surface area contributed by atoms with Gasteiger partial charge in [0.15, 0.2) is 11.0 Å². The molecule has 2 atom stereocenters. The number of methoxy groups -OCH3 is 1. The van der Waals surface area contributed by atoms with E-state index in [1.165, 1.54) is 7.11 Å². The number of ether oxygens (including phenoxy) is 4. The predicted octanol–water partition coefficient (Wildman–Crippen LogP) is 5.00. The number of likely N-dealkylation sites (tertiary alicyclic amines) is 1. The second kappa shape index (κ2) is 11.1. The van der Waals surface area contributed by atoms with Crippen LogP contribution in [0.1, 0.15) is 59.3 Å². The molecule has 0 spiro atoms. The fourth-order valence-electron chi connectivity index (χ4n) is 6.12. The average Bonchev–Trinajstić information content (AvgIpc) is 3.14. The number of amides is 1. The number of rotatable bonds is 5. The number of hydrogen-bond acceptors (Lipinski definition) is 9. The van der Waals surface area contributed by atoms with Crippen LogP contribution in [0.4, 0.5) is 15.0 Å². The van der Waals surface area contributed by atoms with Crippen molar-refractivity contribution in [3.8, 4) is 11.9 Å². The molecule has 2 aromatic heterocycles. The lowest BCUT2D eigenvalue weighted by atomic mass is 9.75. The Morgan fingerprint density at radius 1 is 1.13 bits per heavy atom. The SMILES string of the molecule is COc1nc(Cl)c(F)c2nc(OCC34CCCC3N(C(=O)OC(C)(C)C)CCC4)nc(N3CCCOCC3)c12. The lowest BCUT2D eigenvalue weighted by molar-refractivity contribution is -0.0282. The van der Waals surface area contributed by atoms with Gasteiger partial charge in [-0.3, -0.25) is 0 Å². The van der Waals surface area contributed by atoms with Crippen LogP contribution in [0.25, 0.3) is 10.9 Å². The van der Waals surface area contributed by atoms with E-state index in [0.717, 1.165) is 38.5 Å². The van der Waals surface area contributed by atoms with Crippen molar-refractivity contribution in [1.82, 2.24) is 19.9 Å². The monoisotopic (exact) mass is 565 g/mol. The normalized spacial score (nSPS) is 23.9. The molecule has 214 valence electrons. The van der Waals surface area contributed by atoms with E-state index >= 15 is 4.39 Å². The number of carbonyl (C=O) groups excluding carboxylic acids is 1. The van der Waals surface area contributed by atoms with Crippen LogP contribution in [-0.2, 0) is 9.47 Å². The van der Waals surface area contributed by atoms with Crippen LogP contribution in [0.2, 0.25) is 5.15 Å². The summed E-state index contributed by atoms with van der Waals surface area (Å²) in [5, 5.41) is 0.0169. The Morgan fingerprint density at radius 3 is 2.69 bits per heavy atom. The highest BCUT2D eigenvalue weighted by molar-refractivity contribution is 6.30. The van der Waals surface area contributed by atoms with E-state index in [4.69, 9.17) is 35.5 Å². The summed E-state index contributed by atoms with van der Waals surface area (Å²) in [6.07, 6.45) is 5.05. The Kier molecular flexibility index (Phi) is 7.92. The molecule has 1 aliphatic carbocycles. The molecule has 12 heteroatoms. The van der Waals surface area contributed by atoms with Crippen LogP contribution in [0.5, 0.6) is 11.9 Å². The number of hydrogen-bond donors (Lipinski definition) is 0. The summed E-state index contributed by atoms with van der Waals surface area (Å²) in [6, 6.07) is 0.0551. The average molecular weight is 566 g/mol. The smallest absolute Gasteiger partial charge is 0.410 e. The summed E-state index contributed by atoms with van der Waals surface area (Å²) < 4.78 is 38.4. The second-order valence-electron chi connectivity index (χ2n) is 11.6. The zero-order valence-corrected chi connectivity index (χ0v) is 23.9. The maximum atomic E-state index is 15.3. The lowest BCUT2D eigenvalue weighted by Crippen LogP contribution is -2.55. The van der Waals surface area contributed by atoms with E-state index in [1.54, 1.807) is 0 Å². The molecular formula is C27H37ClFN5O5. The summed E-state index contributed by atoms with van der Waals surface area (Å²) in [5.74, 6) is -0.129. The number of aromatic nitrogens is 3. The molecule has 10 nitrogen and oxygen atoms in total. The topological polar surface area (TPSA) is 99.1 Å². The van der Waals surface area contributed by atoms with E-state index in [2.05, 4.69) is 9.97 Å². The Labute approximate surface area is 233 Å². The van der Waals surface area contributed by atoms with E-state index in [-0.39, 0.29) is 40.1 Å². The fraction of sp³-hybridized carbons (Fsp3) is 0.704. The third kappa shape index (κ3) is 5.66. The Bertz CT molecular complexity index is 1220. The predicted molar refractivity (Wildman–Crippen MR) is 144 cm³/mol. The molecule has 1 amide bonds. The van der Waals surface area contributed by atoms with E-state index in [0.29, 0.717) is 50.7 Å². The van der Waals surface area contributed by atoms with Gasteiger partial charge in [-0.2, -0.15) is 15.0 Å². The molecule has 0 bridgehead atoms. The molecule has 2 unspecified atom stereocenters. The number of nitrogens with zero attached hydrogens (tertiary/aromatic N) is 5. The molecule has 2 aliphatic heterocycles. The van der Waals surface area contributed by atoms with Crippen molar-refractivity contribution in [3.63, 3.8) is 0 Å². The highest BCUT2D eigenvalue weighted by atomic mass is 35.5. The van der Waals surface area contributed by atoms with Crippen LogP contribution in [0, 0.1) is 11.2 Å². The molecule has 1 saturated carbocycles. The number of piperidine rings is 1. The fourth-order valence-corrected chi connectivity index (χ4v) is 6.29. The van der Waals surface area contributed by atoms with Gasteiger partial charge >= 0.3 is 12.1 Å². The Morgan fingerprint density at radius 2 is 1.92 bits per heavy atom. The molecule has 3 fully saturated rings. The molecule has 5 rings (SSSR count). The highest BCUT2D eigenvalue weighted by Crippen LogP contribution is 2.48. The summed E-state index contributed by atoms with van der Waals surface area (Å²) in [6.45, 7) is 8.97. The minimum Gasteiger partial charge on any atom is -0.480 e. The molecule has 0 N–H and O–H groups in total. The zero-order chi connectivity index (χ0) is 27.8. The number of anilines is 1. The first-order valence-electron chi connectivity index (χ1n) is 13.7. The second-order valence-corrected chi connectivity index (χ2v) is 11.9. The van der Waals surface area contributed by atoms with Crippen LogP contribution in [-0.4, -0.2) is 84.2 Å².